The minimum atomic E-state index is 1.03. The van der Waals surface area contributed by atoms with Crippen molar-refractivity contribution in [1.29, 1.82) is 0 Å². The average Bonchev–Trinajstić information content (AvgIpc) is 2.62. The Morgan fingerprint density at radius 3 is 2.35 bits per heavy atom. The molecule has 0 aliphatic carbocycles. The van der Waals surface area contributed by atoms with Crippen molar-refractivity contribution in [2.24, 2.45) is 0 Å². The number of pyridine rings is 1. The largest absolute Gasteiger partial charge is 0.372 e. The van der Waals surface area contributed by atoms with Crippen molar-refractivity contribution < 1.29 is 0 Å². The van der Waals surface area contributed by atoms with E-state index in [1.165, 1.54) is 22.2 Å². The first-order chi connectivity index (χ1) is 11.3. The maximum absolute atomic E-state index is 4.41. The first-order valence-corrected chi connectivity index (χ1v) is 8.18. The molecule has 1 aromatic heterocycles. The molecule has 2 nitrogen and oxygen atoms in total. The van der Waals surface area contributed by atoms with Gasteiger partial charge in [0.2, 0.25) is 0 Å². The number of fused-ring (bicyclic) bond motifs is 1. The summed E-state index contributed by atoms with van der Waals surface area (Å²) >= 11 is 0. The fourth-order valence-corrected chi connectivity index (χ4v) is 2.83. The molecule has 0 aliphatic heterocycles. The van der Waals surface area contributed by atoms with Gasteiger partial charge in [-0.2, -0.15) is 0 Å². The summed E-state index contributed by atoms with van der Waals surface area (Å²) in [5, 5.41) is 1.19. The van der Waals surface area contributed by atoms with Crippen LogP contribution in [-0.2, 0) is 0 Å². The van der Waals surface area contributed by atoms with Crippen molar-refractivity contribution in [3.8, 4) is 0 Å². The van der Waals surface area contributed by atoms with Crippen molar-refractivity contribution in [3.63, 3.8) is 0 Å². The Morgan fingerprint density at radius 1 is 0.870 bits per heavy atom. The van der Waals surface area contributed by atoms with E-state index in [4.69, 9.17) is 0 Å². The van der Waals surface area contributed by atoms with Crippen LogP contribution in [0.15, 0.2) is 60.8 Å². The molecule has 0 amide bonds. The number of hydrogen-bond donors (Lipinski definition) is 0. The summed E-state index contributed by atoms with van der Waals surface area (Å²) in [6.07, 6.45) is 6.19. The van der Waals surface area contributed by atoms with Crippen LogP contribution in [0.1, 0.15) is 25.0 Å². The van der Waals surface area contributed by atoms with Gasteiger partial charge in [0, 0.05) is 30.4 Å². The lowest BCUT2D eigenvalue weighted by Crippen LogP contribution is -2.21. The van der Waals surface area contributed by atoms with Gasteiger partial charge in [0.1, 0.15) is 0 Å². The molecule has 23 heavy (non-hydrogen) atoms. The molecule has 0 radical (unpaired) electrons. The predicted molar refractivity (Wildman–Crippen MR) is 101 cm³/mol. The smallest absolute Gasteiger partial charge is 0.0707 e. The normalized spacial score (nSPS) is 11.2. The van der Waals surface area contributed by atoms with Crippen LogP contribution in [0.2, 0.25) is 0 Å². The van der Waals surface area contributed by atoms with Crippen molar-refractivity contribution in [2.45, 2.75) is 13.8 Å². The second-order valence-electron chi connectivity index (χ2n) is 5.51. The molecule has 0 N–H and O–H groups in total. The standard InChI is InChI=1S/C21H22N2/c1-3-23(4-2)19-13-10-17(11-14-19)9-12-18-15-16-22-21-8-6-5-7-20(18)21/h5-16H,3-4H2,1-2H3. The highest BCUT2D eigenvalue weighted by molar-refractivity contribution is 5.90. The molecule has 3 aromatic rings. The van der Waals surface area contributed by atoms with Gasteiger partial charge in [-0.05, 0) is 49.2 Å². The third-order valence-electron chi connectivity index (χ3n) is 4.16. The molecule has 3 rings (SSSR count). The molecule has 116 valence electrons. The van der Waals surface area contributed by atoms with Gasteiger partial charge >= 0.3 is 0 Å². The molecular formula is C21H22N2. The number of nitrogens with zero attached hydrogens (tertiary/aromatic N) is 2. The van der Waals surface area contributed by atoms with Gasteiger partial charge < -0.3 is 4.90 Å². The van der Waals surface area contributed by atoms with Gasteiger partial charge in [-0.1, -0.05) is 42.5 Å². The number of para-hydroxylation sites is 1. The maximum atomic E-state index is 4.41. The molecule has 0 spiro atoms. The molecule has 0 unspecified atom stereocenters. The van der Waals surface area contributed by atoms with Gasteiger partial charge in [-0.15, -0.1) is 0 Å². The van der Waals surface area contributed by atoms with E-state index >= 15 is 0 Å². The highest BCUT2D eigenvalue weighted by atomic mass is 15.1. The van der Waals surface area contributed by atoms with Crippen LogP contribution < -0.4 is 4.90 Å². The Hall–Kier alpha value is -2.61. The fourth-order valence-electron chi connectivity index (χ4n) is 2.83. The van der Waals surface area contributed by atoms with Crippen molar-refractivity contribution in [1.82, 2.24) is 4.98 Å². The summed E-state index contributed by atoms with van der Waals surface area (Å²) in [4.78, 5) is 6.76. The molecule has 0 bridgehead atoms. The minimum absolute atomic E-state index is 1.03. The Kier molecular flexibility index (Phi) is 4.72. The summed E-state index contributed by atoms with van der Waals surface area (Å²) in [6.45, 7) is 6.45. The highest BCUT2D eigenvalue weighted by Gasteiger charge is 2.01. The number of rotatable bonds is 5. The molecule has 0 aliphatic rings. The topological polar surface area (TPSA) is 16.1 Å². The van der Waals surface area contributed by atoms with Gasteiger partial charge in [0.05, 0.1) is 5.52 Å². The molecule has 0 saturated heterocycles. The Balaban J connectivity index is 1.85. The van der Waals surface area contributed by atoms with Gasteiger partial charge in [-0.25, -0.2) is 0 Å². The van der Waals surface area contributed by atoms with Crippen LogP contribution in [0.3, 0.4) is 0 Å². The van der Waals surface area contributed by atoms with Crippen molar-refractivity contribution in [2.75, 3.05) is 18.0 Å². The minimum Gasteiger partial charge on any atom is -0.372 e. The highest BCUT2D eigenvalue weighted by Crippen LogP contribution is 2.20. The number of anilines is 1. The monoisotopic (exact) mass is 302 g/mol. The molecule has 2 aromatic carbocycles. The second kappa shape index (κ2) is 7.10. The Labute approximate surface area is 138 Å². The van der Waals surface area contributed by atoms with E-state index in [9.17, 15) is 0 Å². The van der Waals surface area contributed by atoms with Crippen molar-refractivity contribution >= 4 is 28.7 Å². The van der Waals surface area contributed by atoms with Crippen LogP contribution in [-0.4, -0.2) is 18.1 Å². The van der Waals surface area contributed by atoms with Crippen LogP contribution in [0, 0.1) is 0 Å². The molecule has 0 atom stereocenters. The van der Waals surface area contributed by atoms with E-state index in [0.29, 0.717) is 0 Å². The summed E-state index contributed by atoms with van der Waals surface area (Å²) in [7, 11) is 0. The zero-order chi connectivity index (χ0) is 16.1. The first-order valence-electron chi connectivity index (χ1n) is 8.18. The summed E-state index contributed by atoms with van der Waals surface area (Å²) < 4.78 is 0. The zero-order valence-corrected chi connectivity index (χ0v) is 13.7. The van der Waals surface area contributed by atoms with Gasteiger partial charge in [0.25, 0.3) is 0 Å². The van der Waals surface area contributed by atoms with E-state index in [-0.39, 0.29) is 0 Å². The average molecular weight is 302 g/mol. The summed E-state index contributed by atoms with van der Waals surface area (Å²) in [5.74, 6) is 0. The van der Waals surface area contributed by atoms with E-state index in [1.54, 1.807) is 0 Å². The second-order valence-corrected chi connectivity index (χ2v) is 5.51. The summed E-state index contributed by atoms with van der Waals surface area (Å²) in [6, 6.07) is 19.0. The van der Waals surface area contributed by atoms with Crippen LogP contribution in [0.5, 0.6) is 0 Å². The SMILES string of the molecule is CCN(CC)c1ccc(C=Cc2ccnc3ccccc23)cc1. The molecule has 2 heteroatoms. The van der Waals surface area contributed by atoms with Crippen LogP contribution in [0.4, 0.5) is 5.69 Å². The lowest BCUT2D eigenvalue weighted by atomic mass is 10.1. The first kappa shape index (κ1) is 15.3. The Bertz CT molecular complexity index is 794. The lowest BCUT2D eigenvalue weighted by molar-refractivity contribution is 0.866. The van der Waals surface area contributed by atoms with Gasteiger partial charge in [0.15, 0.2) is 0 Å². The molecule has 1 heterocycles. The zero-order valence-electron chi connectivity index (χ0n) is 13.7. The lowest BCUT2D eigenvalue weighted by Gasteiger charge is -2.20. The van der Waals surface area contributed by atoms with E-state index in [2.05, 4.69) is 78.3 Å². The van der Waals surface area contributed by atoms with E-state index in [1.807, 2.05) is 18.3 Å². The van der Waals surface area contributed by atoms with Gasteiger partial charge in [-0.3, -0.25) is 4.98 Å². The van der Waals surface area contributed by atoms with E-state index < -0.39 is 0 Å². The Morgan fingerprint density at radius 2 is 1.61 bits per heavy atom. The quantitative estimate of drug-likeness (QED) is 0.640. The van der Waals surface area contributed by atoms with E-state index in [0.717, 1.165) is 18.6 Å². The molecular weight excluding hydrogens is 280 g/mol. The predicted octanol–water partition coefficient (Wildman–Crippen LogP) is 5.25. The third-order valence-corrected chi connectivity index (χ3v) is 4.16. The fraction of sp³-hybridized carbons (Fsp3) is 0.190. The van der Waals surface area contributed by atoms with Crippen LogP contribution in [0.25, 0.3) is 23.1 Å². The molecule has 0 saturated carbocycles. The number of aromatic nitrogens is 1. The number of benzene rings is 2. The van der Waals surface area contributed by atoms with Crippen LogP contribution >= 0.6 is 0 Å². The number of hydrogen-bond acceptors (Lipinski definition) is 2. The maximum Gasteiger partial charge on any atom is 0.0707 e. The molecule has 0 fully saturated rings. The summed E-state index contributed by atoms with van der Waals surface area (Å²) in [5.41, 5.74) is 4.72. The van der Waals surface area contributed by atoms with Crippen molar-refractivity contribution in [3.05, 3.63) is 71.9 Å². The third kappa shape index (κ3) is 3.42.